The monoisotopic (exact) mass is 345 g/mol. The van der Waals surface area contributed by atoms with E-state index in [1.54, 1.807) is 48.5 Å². The highest BCUT2D eigenvalue weighted by Gasteiger charge is 2.06. The van der Waals surface area contributed by atoms with Crippen molar-refractivity contribution in [1.29, 1.82) is 5.26 Å². The normalized spacial score (nSPS) is 9.85. The van der Waals surface area contributed by atoms with E-state index in [0.29, 0.717) is 28.5 Å². The zero-order valence-electron chi connectivity index (χ0n) is 13.9. The van der Waals surface area contributed by atoms with Gasteiger partial charge in [0.15, 0.2) is 0 Å². The van der Waals surface area contributed by atoms with Gasteiger partial charge in [-0.1, -0.05) is 12.1 Å². The SMILES string of the molecule is COC(=O)c1ccc(Nc2cc(Nc3ccccc3C#N)ncn2)cc1. The first kappa shape index (κ1) is 16.9. The van der Waals surface area contributed by atoms with E-state index >= 15 is 0 Å². The molecule has 0 spiro atoms. The van der Waals surface area contributed by atoms with Crippen molar-refractivity contribution in [2.24, 2.45) is 0 Å². The maximum Gasteiger partial charge on any atom is 0.337 e. The molecule has 0 atom stereocenters. The van der Waals surface area contributed by atoms with Gasteiger partial charge in [0.25, 0.3) is 0 Å². The maximum absolute atomic E-state index is 11.5. The van der Waals surface area contributed by atoms with E-state index in [1.807, 2.05) is 6.07 Å². The number of esters is 1. The Bertz CT molecular complexity index is 964. The minimum Gasteiger partial charge on any atom is -0.465 e. The van der Waals surface area contributed by atoms with Gasteiger partial charge in [0.05, 0.1) is 23.9 Å². The minimum atomic E-state index is -0.388. The average molecular weight is 345 g/mol. The summed E-state index contributed by atoms with van der Waals surface area (Å²) in [7, 11) is 1.34. The zero-order chi connectivity index (χ0) is 18.4. The number of carbonyl (C=O) groups is 1. The molecule has 3 rings (SSSR count). The summed E-state index contributed by atoms with van der Waals surface area (Å²) in [6.07, 6.45) is 1.42. The van der Waals surface area contributed by atoms with Crippen molar-refractivity contribution in [2.75, 3.05) is 17.7 Å². The van der Waals surface area contributed by atoms with E-state index in [9.17, 15) is 4.79 Å². The number of nitriles is 1. The highest BCUT2D eigenvalue weighted by Crippen LogP contribution is 2.21. The summed E-state index contributed by atoms with van der Waals surface area (Å²) in [4.78, 5) is 19.8. The van der Waals surface area contributed by atoms with Crippen molar-refractivity contribution in [3.63, 3.8) is 0 Å². The number of nitrogens with one attached hydrogen (secondary N) is 2. The van der Waals surface area contributed by atoms with Crippen molar-refractivity contribution in [3.8, 4) is 6.07 Å². The molecule has 0 saturated carbocycles. The maximum atomic E-state index is 11.5. The smallest absolute Gasteiger partial charge is 0.337 e. The molecule has 2 N–H and O–H groups in total. The number of benzene rings is 2. The van der Waals surface area contributed by atoms with E-state index in [1.165, 1.54) is 13.4 Å². The summed E-state index contributed by atoms with van der Waals surface area (Å²) in [5, 5.41) is 15.4. The molecule has 128 valence electrons. The van der Waals surface area contributed by atoms with Gasteiger partial charge >= 0.3 is 5.97 Å². The van der Waals surface area contributed by atoms with Gasteiger partial charge in [0.2, 0.25) is 0 Å². The molecular formula is C19H15N5O2. The van der Waals surface area contributed by atoms with Crippen LogP contribution in [0.4, 0.5) is 23.0 Å². The number of ether oxygens (including phenoxy) is 1. The highest BCUT2D eigenvalue weighted by molar-refractivity contribution is 5.89. The number of methoxy groups -OCH3 is 1. The van der Waals surface area contributed by atoms with Crippen LogP contribution in [0.1, 0.15) is 15.9 Å². The largest absolute Gasteiger partial charge is 0.465 e. The number of aromatic nitrogens is 2. The zero-order valence-corrected chi connectivity index (χ0v) is 13.9. The second kappa shape index (κ2) is 7.77. The van der Waals surface area contributed by atoms with Crippen LogP contribution in [0.5, 0.6) is 0 Å². The number of hydrogen-bond donors (Lipinski definition) is 2. The molecule has 7 nitrogen and oxygen atoms in total. The number of carbonyl (C=O) groups excluding carboxylic acids is 1. The number of hydrogen-bond acceptors (Lipinski definition) is 7. The van der Waals surface area contributed by atoms with Gasteiger partial charge < -0.3 is 15.4 Å². The molecule has 0 aliphatic carbocycles. The highest BCUT2D eigenvalue weighted by atomic mass is 16.5. The van der Waals surface area contributed by atoms with E-state index in [0.717, 1.165) is 5.69 Å². The second-order valence-corrected chi connectivity index (χ2v) is 5.26. The quantitative estimate of drug-likeness (QED) is 0.681. The average Bonchev–Trinajstić information content (AvgIpc) is 2.69. The fraction of sp³-hybridized carbons (Fsp3) is 0.0526. The Morgan fingerprint density at radius 3 is 2.42 bits per heavy atom. The lowest BCUT2D eigenvalue weighted by Crippen LogP contribution is -2.02. The summed E-state index contributed by atoms with van der Waals surface area (Å²) in [6, 6.07) is 17.9. The summed E-state index contributed by atoms with van der Waals surface area (Å²) in [5.74, 6) is 0.736. The van der Waals surface area contributed by atoms with Crippen LogP contribution < -0.4 is 10.6 Å². The topological polar surface area (TPSA) is 99.9 Å². The predicted octanol–water partition coefficient (Wildman–Crippen LogP) is 3.62. The third-order valence-electron chi connectivity index (χ3n) is 3.56. The van der Waals surface area contributed by atoms with Crippen LogP contribution in [0.15, 0.2) is 60.9 Å². The minimum absolute atomic E-state index is 0.388. The molecule has 0 bridgehead atoms. The Morgan fingerprint density at radius 2 is 1.73 bits per heavy atom. The van der Waals surface area contributed by atoms with E-state index in [-0.39, 0.29) is 5.97 Å². The molecule has 0 aliphatic heterocycles. The third-order valence-corrected chi connectivity index (χ3v) is 3.56. The Morgan fingerprint density at radius 1 is 1.04 bits per heavy atom. The van der Waals surface area contributed by atoms with Gasteiger partial charge in [-0.25, -0.2) is 14.8 Å². The van der Waals surface area contributed by atoms with Crippen LogP contribution in [0, 0.1) is 11.3 Å². The Kier molecular flexibility index (Phi) is 5.05. The van der Waals surface area contributed by atoms with Gasteiger partial charge in [-0.2, -0.15) is 5.26 Å². The van der Waals surface area contributed by atoms with Crippen molar-refractivity contribution in [2.45, 2.75) is 0 Å². The van der Waals surface area contributed by atoms with Crippen LogP contribution >= 0.6 is 0 Å². The fourth-order valence-corrected chi connectivity index (χ4v) is 2.28. The summed E-state index contributed by atoms with van der Waals surface area (Å²) in [6.45, 7) is 0. The van der Waals surface area contributed by atoms with Gasteiger partial charge in [-0.15, -0.1) is 0 Å². The van der Waals surface area contributed by atoms with Gasteiger partial charge in [0.1, 0.15) is 24.0 Å². The third kappa shape index (κ3) is 3.94. The molecule has 3 aromatic rings. The molecule has 1 aromatic heterocycles. The van der Waals surface area contributed by atoms with Gasteiger partial charge in [-0.3, -0.25) is 0 Å². The van der Waals surface area contributed by atoms with Crippen molar-refractivity contribution >= 4 is 29.0 Å². The molecule has 0 aliphatic rings. The lowest BCUT2D eigenvalue weighted by Gasteiger charge is -2.10. The van der Waals surface area contributed by atoms with Crippen LogP contribution in [0.25, 0.3) is 0 Å². The van der Waals surface area contributed by atoms with Crippen molar-refractivity contribution in [3.05, 3.63) is 72.1 Å². The van der Waals surface area contributed by atoms with Crippen LogP contribution in [0.2, 0.25) is 0 Å². The molecule has 0 radical (unpaired) electrons. The molecule has 2 aromatic carbocycles. The fourth-order valence-electron chi connectivity index (χ4n) is 2.28. The Balaban J connectivity index is 1.75. The van der Waals surface area contributed by atoms with E-state index < -0.39 is 0 Å². The summed E-state index contributed by atoms with van der Waals surface area (Å²) < 4.78 is 4.67. The molecule has 0 saturated heterocycles. The predicted molar refractivity (Wildman–Crippen MR) is 97.5 cm³/mol. The van der Waals surface area contributed by atoms with Crippen LogP contribution in [0.3, 0.4) is 0 Å². The summed E-state index contributed by atoms with van der Waals surface area (Å²) >= 11 is 0. The number of para-hydroxylation sites is 1. The molecule has 0 fully saturated rings. The summed E-state index contributed by atoms with van der Waals surface area (Å²) in [5.41, 5.74) is 2.43. The molecular weight excluding hydrogens is 330 g/mol. The van der Waals surface area contributed by atoms with Gasteiger partial charge in [-0.05, 0) is 36.4 Å². The Labute approximate surface area is 150 Å². The first-order valence-electron chi connectivity index (χ1n) is 7.73. The molecule has 7 heteroatoms. The lowest BCUT2D eigenvalue weighted by molar-refractivity contribution is 0.0601. The van der Waals surface area contributed by atoms with Crippen molar-refractivity contribution < 1.29 is 9.53 Å². The number of rotatable bonds is 5. The Hall–Kier alpha value is -3.92. The molecule has 0 unspecified atom stereocenters. The number of nitrogens with zero attached hydrogens (tertiary/aromatic N) is 3. The first-order chi connectivity index (χ1) is 12.7. The first-order valence-corrected chi connectivity index (χ1v) is 7.73. The van der Waals surface area contributed by atoms with Crippen LogP contribution in [-0.4, -0.2) is 23.0 Å². The van der Waals surface area contributed by atoms with E-state index in [2.05, 4.69) is 31.4 Å². The standard InChI is InChI=1S/C19H15N5O2/c1-26-19(25)13-6-8-15(9-7-13)23-17-10-18(22-12-21-17)24-16-5-3-2-4-14(16)11-20/h2-10,12H,1H3,(H2,21,22,23,24). The van der Waals surface area contributed by atoms with Gasteiger partial charge in [0, 0.05) is 11.8 Å². The second-order valence-electron chi connectivity index (χ2n) is 5.26. The molecule has 1 heterocycles. The van der Waals surface area contributed by atoms with Crippen LogP contribution in [-0.2, 0) is 4.74 Å². The van der Waals surface area contributed by atoms with Crippen molar-refractivity contribution in [1.82, 2.24) is 9.97 Å². The molecule has 0 amide bonds. The number of anilines is 4. The lowest BCUT2D eigenvalue weighted by atomic mass is 10.2. The molecule has 26 heavy (non-hydrogen) atoms. The van der Waals surface area contributed by atoms with E-state index in [4.69, 9.17) is 5.26 Å².